The number of hydrogen-bond acceptors (Lipinski definition) is 7. The highest BCUT2D eigenvalue weighted by molar-refractivity contribution is 6.01. The Morgan fingerprint density at radius 1 is 1.16 bits per heavy atom. The van der Waals surface area contributed by atoms with Crippen LogP contribution in [0, 0.1) is 5.82 Å². The number of benzene rings is 1. The molecule has 0 spiro atoms. The lowest BCUT2D eigenvalue weighted by molar-refractivity contribution is 0.0532. The van der Waals surface area contributed by atoms with Gasteiger partial charge in [0.1, 0.15) is 16.9 Å². The van der Waals surface area contributed by atoms with E-state index in [0.717, 1.165) is 5.56 Å². The molecule has 1 unspecified atom stereocenters. The summed E-state index contributed by atoms with van der Waals surface area (Å²) < 4.78 is 19.8. The van der Waals surface area contributed by atoms with Gasteiger partial charge in [0.2, 0.25) is 0 Å². The first kappa shape index (κ1) is 27.0. The third-order valence-corrected chi connectivity index (χ3v) is 6.23. The molecule has 3 heterocycles. The van der Waals surface area contributed by atoms with Crippen LogP contribution < -0.4 is 16.2 Å². The lowest BCUT2D eigenvalue weighted by Crippen LogP contribution is -2.47. The van der Waals surface area contributed by atoms with Crippen molar-refractivity contribution < 1.29 is 28.9 Å². The number of aromatic hydroxyl groups is 1. The normalized spacial score (nSPS) is 14.3. The van der Waals surface area contributed by atoms with Gasteiger partial charge < -0.3 is 35.1 Å². The Morgan fingerprint density at radius 2 is 1.87 bits per heavy atom. The molecule has 0 radical (unpaired) electrons. The number of urea groups is 1. The van der Waals surface area contributed by atoms with Crippen LogP contribution in [0.15, 0.2) is 41.2 Å². The molecule has 1 aromatic carbocycles. The Bertz CT molecular complexity index is 1370. The predicted molar refractivity (Wildman–Crippen MR) is 137 cm³/mol. The highest BCUT2D eigenvalue weighted by Crippen LogP contribution is 2.26. The highest BCUT2D eigenvalue weighted by atomic mass is 19.1. The first-order valence-corrected chi connectivity index (χ1v) is 12.3. The first-order chi connectivity index (χ1) is 18.3. The molecule has 11 nitrogen and oxygen atoms in total. The summed E-state index contributed by atoms with van der Waals surface area (Å²) in [6, 6.07) is 8.26. The number of carbonyl (C=O) groups is 2. The standard InChI is InChI=1S/C26H30FN5O6/c1-16(15-33)29-24(35)21-23(34)22-20(7-6-19(30-22)14-17-2-4-18(27)5-3-17)32(25(21)36)9-8-28-26(37)31-10-12-38-13-11-31/h2-7,16,33-34H,8-15H2,1H3,(H,28,37)(H,29,35). The SMILES string of the molecule is CC(CO)NC(=O)c1c(O)c2nc(Cc3ccc(F)cc3)ccc2n(CCNC(=O)N2CCOCC2)c1=O. The third kappa shape index (κ3) is 6.09. The van der Waals surface area contributed by atoms with Gasteiger partial charge in [-0.1, -0.05) is 12.1 Å². The molecule has 1 fully saturated rings. The number of rotatable bonds is 8. The van der Waals surface area contributed by atoms with Crippen LogP contribution in [-0.2, 0) is 17.7 Å². The summed E-state index contributed by atoms with van der Waals surface area (Å²) in [6.45, 7) is 3.11. The van der Waals surface area contributed by atoms with Crippen LogP contribution in [-0.4, -0.2) is 82.1 Å². The topological polar surface area (TPSA) is 146 Å². The maximum atomic E-state index is 13.4. The number of nitrogens with one attached hydrogen (secondary N) is 2. The van der Waals surface area contributed by atoms with Gasteiger partial charge in [0.25, 0.3) is 11.5 Å². The number of hydrogen-bond donors (Lipinski definition) is 4. The van der Waals surface area contributed by atoms with Crippen LogP contribution in [0.1, 0.15) is 28.5 Å². The van der Waals surface area contributed by atoms with Crippen LogP contribution in [0.3, 0.4) is 0 Å². The van der Waals surface area contributed by atoms with Crippen molar-refractivity contribution in [2.45, 2.75) is 25.9 Å². The van der Waals surface area contributed by atoms with Gasteiger partial charge >= 0.3 is 6.03 Å². The summed E-state index contributed by atoms with van der Waals surface area (Å²) in [4.78, 5) is 44.9. The van der Waals surface area contributed by atoms with Crippen molar-refractivity contribution >= 4 is 23.0 Å². The molecule has 0 aliphatic carbocycles. The predicted octanol–water partition coefficient (Wildman–Crippen LogP) is 0.984. The second-order valence-corrected chi connectivity index (χ2v) is 9.04. The van der Waals surface area contributed by atoms with Gasteiger partial charge in [-0.15, -0.1) is 0 Å². The zero-order valence-electron chi connectivity index (χ0n) is 20.9. The number of amides is 3. The number of aliphatic hydroxyl groups excluding tert-OH is 1. The minimum absolute atomic E-state index is 0.0144. The Balaban J connectivity index is 1.68. The number of halogens is 1. The van der Waals surface area contributed by atoms with Crippen LogP contribution in [0.2, 0.25) is 0 Å². The van der Waals surface area contributed by atoms with Crippen LogP contribution in [0.4, 0.5) is 9.18 Å². The molecule has 38 heavy (non-hydrogen) atoms. The fourth-order valence-electron chi connectivity index (χ4n) is 4.18. The van der Waals surface area contributed by atoms with Gasteiger partial charge in [-0.25, -0.2) is 14.2 Å². The van der Waals surface area contributed by atoms with Crippen molar-refractivity contribution in [3.8, 4) is 5.75 Å². The van der Waals surface area contributed by atoms with Crippen molar-refractivity contribution in [3.63, 3.8) is 0 Å². The maximum absolute atomic E-state index is 13.4. The lowest BCUT2D eigenvalue weighted by Gasteiger charge is -2.27. The Labute approximate surface area is 217 Å². The van der Waals surface area contributed by atoms with E-state index in [1.165, 1.54) is 16.7 Å². The van der Waals surface area contributed by atoms with E-state index >= 15 is 0 Å². The molecule has 3 aromatic rings. The molecule has 1 atom stereocenters. The molecule has 2 aromatic heterocycles. The number of fused-ring (bicyclic) bond motifs is 1. The van der Waals surface area contributed by atoms with E-state index in [1.807, 2.05) is 0 Å². The molecule has 3 amide bonds. The van der Waals surface area contributed by atoms with Gasteiger partial charge in [-0.3, -0.25) is 9.59 Å². The number of pyridine rings is 2. The molecule has 4 N–H and O–H groups in total. The number of aromatic nitrogens is 2. The lowest BCUT2D eigenvalue weighted by atomic mass is 10.1. The number of aliphatic hydroxyl groups is 1. The zero-order valence-corrected chi connectivity index (χ0v) is 20.9. The van der Waals surface area contributed by atoms with E-state index in [9.17, 15) is 29.0 Å². The van der Waals surface area contributed by atoms with Crippen molar-refractivity contribution in [1.82, 2.24) is 25.1 Å². The molecule has 0 bridgehead atoms. The van der Waals surface area contributed by atoms with E-state index in [4.69, 9.17) is 4.74 Å². The van der Waals surface area contributed by atoms with Gasteiger partial charge in [0, 0.05) is 44.3 Å². The van der Waals surface area contributed by atoms with Crippen LogP contribution >= 0.6 is 0 Å². The molecule has 1 aliphatic heterocycles. The van der Waals surface area contributed by atoms with Crippen LogP contribution in [0.5, 0.6) is 5.75 Å². The number of morpholine rings is 1. The van der Waals surface area contributed by atoms with Crippen LogP contribution in [0.25, 0.3) is 11.0 Å². The molecule has 1 saturated heterocycles. The van der Waals surface area contributed by atoms with Crippen molar-refractivity contribution in [1.29, 1.82) is 0 Å². The second kappa shape index (κ2) is 12.0. The molecular weight excluding hydrogens is 497 g/mol. The average molecular weight is 528 g/mol. The fraction of sp³-hybridized carbons (Fsp3) is 0.385. The smallest absolute Gasteiger partial charge is 0.317 e. The van der Waals surface area contributed by atoms with E-state index in [0.29, 0.717) is 38.4 Å². The maximum Gasteiger partial charge on any atom is 0.317 e. The van der Waals surface area contributed by atoms with Gasteiger partial charge in [-0.2, -0.15) is 0 Å². The first-order valence-electron chi connectivity index (χ1n) is 12.3. The van der Waals surface area contributed by atoms with Gasteiger partial charge in [-0.05, 0) is 36.8 Å². The second-order valence-electron chi connectivity index (χ2n) is 9.04. The highest BCUT2D eigenvalue weighted by Gasteiger charge is 2.25. The quantitative estimate of drug-likeness (QED) is 0.342. The molecule has 4 rings (SSSR count). The minimum atomic E-state index is -0.854. The molecule has 1 aliphatic rings. The summed E-state index contributed by atoms with van der Waals surface area (Å²) in [5, 5.41) is 25.6. The van der Waals surface area contributed by atoms with E-state index in [1.54, 1.807) is 36.1 Å². The molecule has 202 valence electrons. The summed E-state index contributed by atoms with van der Waals surface area (Å²) in [6.07, 6.45) is 0.327. The number of nitrogens with zero attached hydrogens (tertiary/aromatic N) is 3. The Morgan fingerprint density at radius 3 is 2.55 bits per heavy atom. The average Bonchev–Trinajstić information content (AvgIpc) is 2.92. The van der Waals surface area contributed by atoms with Gasteiger partial charge in [0.05, 0.1) is 25.3 Å². The zero-order chi connectivity index (χ0) is 27.2. The van der Waals surface area contributed by atoms with E-state index in [2.05, 4.69) is 15.6 Å². The van der Waals surface area contributed by atoms with Crippen molar-refractivity contribution in [2.24, 2.45) is 0 Å². The summed E-state index contributed by atoms with van der Waals surface area (Å²) in [7, 11) is 0. The monoisotopic (exact) mass is 527 g/mol. The minimum Gasteiger partial charge on any atom is -0.505 e. The Kier molecular flexibility index (Phi) is 8.54. The molecule has 0 saturated carbocycles. The largest absolute Gasteiger partial charge is 0.505 e. The molecule has 12 heteroatoms. The van der Waals surface area contributed by atoms with Gasteiger partial charge in [0.15, 0.2) is 5.75 Å². The fourth-order valence-corrected chi connectivity index (χ4v) is 4.18. The summed E-state index contributed by atoms with van der Waals surface area (Å²) >= 11 is 0. The number of ether oxygens (including phenoxy) is 1. The third-order valence-electron chi connectivity index (χ3n) is 6.23. The van der Waals surface area contributed by atoms with E-state index in [-0.39, 0.29) is 42.6 Å². The summed E-state index contributed by atoms with van der Waals surface area (Å²) in [5.41, 5.74) is 0.357. The van der Waals surface area contributed by atoms with E-state index < -0.39 is 28.8 Å². The molecular formula is C26H30FN5O6. The Hall–Kier alpha value is -4.03. The number of carbonyl (C=O) groups excluding carboxylic acids is 2. The van der Waals surface area contributed by atoms with Crippen molar-refractivity contribution in [2.75, 3.05) is 39.5 Å². The van der Waals surface area contributed by atoms with Crippen molar-refractivity contribution in [3.05, 3.63) is 69.4 Å². The summed E-state index contributed by atoms with van der Waals surface area (Å²) in [5.74, 6) is -1.80.